The molecule has 0 spiro atoms. The van der Waals surface area contributed by atoms with Crippen molar-refractivity contribution in [1.29, 1.82) is 0 Å². The number of halogens is 1. The Bertz CT molecular complexity index is 9.51. The minimum absolute atomic E-state index is 0. The molecule has 0 N–H and O–H groups in total. The molecule has 0 aliphatic carbocycles. The Labute approximate surface area is 58.9 Å². The molecular weight excluding hydrogens is 149 g/mol. The van der Waals surface area contributed by atoms with Gasteiger partial charge in [-0.3, -0.25) is 0 Å². The molecule has 36 valence electrons. The quantitative estimate of drug-likeness (QED) is 0.405. The van der Waals surface area contributed by atoms with Crippen molar-refractivity contribution in [3.8, 4) is 0 Å². The first-order chi connectivity index (χ1) is 1.91. The molecule has 0 heterocycles. The van der Waals surface area contributed by atoms with Crippen LogP contribution in [0.3, 0.4) is 0 Å². The fourth-order valence-corrected chi connectivity index (χ4v) is 0. The van der Waals surface area contributed by atoms with Crippen LogP contribution in [0.2, 0.25) is 0 Å². The minimum Gasteiger partial charge on any atom is -0.343 e. The van der Waals surface area contributed by atoms with Crippen LogP contribution in [0.25, 0.3) is 0 Å². The van der Waals surface area contributed by atoms with Gasteiger partial charge in [0.2, 0.25) is 0 Å². The topological polar surface area (TPSA) is 0 Å². The van der Waals surface area contributed by atoms with E-state index in [1.54, 1.807) is 0 Å². The average Bonchev–Trinajstić information content (AvgIpc) is 1.37. The molecule has 2 heteroatoms. The zero-order chi connectivity index (χ0) is 3.41. The Morgan fingerprint density at radius 1 is 1.50 bits per heavy atom. The standard InChI is InChI=1S/C4H9.ClH.Zn/c1-3-4-2;;/h1,3-4H2,2H3;1H;/q-1;;. The van der Waals surface area contributed by atoms with E-state index in [1.165, 1.54) is 6.42 Å². The van der Waals surface area contributed by atoms with Crippen molar-refractivity contribution in [2.75, 3.05) is 0 Å². The van der Waals surface area contributed by atoms with E-state index in [0.29, 0.717) is 0 Å². The van der Waals surface area contributed by atoms with Crippen LogP contribution in [-0.2, 0) is 19.5 Å². The van der Waals surface area contributed by atoms with E-state index in [4.69, 9.17) is 0 Å². The Hall–Kier alpha value is 0.913. The second-order valence-electron chi connectivity index (χ2n) is 0.854. The second kappa shape index (κ2) is 16.8. The smallest absolute Gasteiger partial charge is 0 e. The molecule has 0 saturated carbocycles. The van der Waals surface area contributed by atoms with Gasteiger partial charge in [0.05, 0.1) is 0 Å². The maximum Gasteiger partial charge on any atom is 0 e. The Balaban J connectivity index is -0.0000000450. The van der Waals surface area contributed by atoms with Gasteiger partial charge in [-0.05, 0) is 0 Å². The maximum atomic E-state index is 3.60. The molecule has 0 fully saturated rings. The first kappa shape index (κ1) is 15.8. The third kappa shape index (κ3) is 20.6. The molecule has 0 aromatic heterocycles. The summed E-state index contributed by atoms with van der Waals surface area (Å²) in [4.78, 5) is 0. The van der Waals surface area contributed by atoms with E-state index in [2.05, 4.69) is 13.8 Å². The second-order valence-corrected chi connectivity index (χ2v) is 0.854. The van der Waals surface area contributed by atoms with Gasteiger partial charge in [0.25, 0.3) is 0 Å². The summed E-state index contributed by atoms with van der Waals surface area (Å²) in [7, 11) is 0. The molecule has 0 aromatic rings. The van der Waals surface area contributed by atoms with Crippen LogP contribution in [0, 0.1) is 6.92 Å². The molecule has 0 amide bonds. The van der Waals surface area contributed by atoms with Gasteiger partial charge in [0.1, 0.15) is 0 Å². The summed E-state index contributed by atoms with van der Waals surface area (Å²) in [6.45, 7) is 5.72. The van der Waals surface area contributed by atoms with Gasteiger partial charge < -0.3 is 6.92 Å². The van der Waals surface area contributed by atoms with Gasteiger partial charge in [-0.1, -0.05) is 13.3 Å². The van der Waals surface area contributed by atoms with Gasteiger partial charge in [-0.25, -0.2) is 0 Å². The molecule has 0 radical (unpaired) electrons. The molecule has 0 aromatic carbocycles. The number of hydrogen-bond donors (Lipinski definition) is 0. The van der Waals surface area contributed by atoms with Crippen LogP contribution in [-0.4, -0.2) is 0 Å². The van der Waals surface area contributed by atoms with E-state index < -0.39 is 0 Å². The molecule has 0 atom stereocenters. The number of hydrogen-bond acceptors (Lipinski definition) is 0. The maximum absolute atomic E-state index is 3.60. The molecule has 6 heavy (non-hydrogen) atoms. The van der Waals surface area contributed by atoms with Crippen LogP contribution in [0.15, 0.2) is 0 Å². The van der Waals surface area contributed by atoms with Crippen molar-refractivity contribution in [2.24, 2.45) is 0 Å². The van der Waals surface area contributed by atoms with E-state index in [9.17, 15) is 0 Å². The first-order valence-electron chi connectivity index (χ1n) is 1.71. The van der Waals surface area contributed by atoms with Crippen LogP contribution in [0.5, 0.6) is 0 Å². The van der Waals surface area contributed by atoms with Crippen molar-refractivity contribution in [3.63, 3.8) is 0 Å². The van der Waals surface area contributed by atoms with Gasteiger partial charge in [0, 0.05) is 19.5 Å². The Morgan fingerprint density at radius 3 is 1.67 bits per heavy atom. The fourth-order valence-electron chi connectivity index (χ4n) is 0. The van der Waals surface area contributed by atoms with Crippen molar-refractivity contribution in [1.82, 2.24) is 0 Å². The van der Waals surface area contributed by atoms with Crippen LogP contribution < -0.4 is 0 Å². The molecular formula is C4H10ClZn-. The van der Waals surface area contributed by atoms with E-state index in [0.717, 1.165) is 6.42 Å². The van der Waals surface area contributed by atoms with E-state index >= 15 is 0 Å². The number of rotatable bonds is 1. The summed E-state index contributed by atoms with van der Waals surface area (Å²) < 4.78 is 0. The van der Waals surface area contributed by atoms with Crippen LogP contribution in [0.1, 0.15) is 19.8 Å². The summed E-state index contributed by atoms with van der Waals surface area (Å²) in [6.07, 6.45) is 2.28. The first-order valence-corrected chi connectivity index (χ1v) is 1.71. The normalized spacial score (nSPS) is 5.00. The molecule has 0 unspecified atom stereocenters. The predicted molar refractivity (Wildman–Crippen MR) is 27.5 cm³/mol. The summed E-state index contributed by atoms with van der Waals surface area (Å²) in [6, 6.07) is 0. The van der Waals surface area contributed by atoms with Gasteiger partial charge in [-0.15, -0.1) is 12.4 Å². The van der Waals surface area contributed by atoms with Gasteiger partial charge in [-0.2, -0.15) is 6.42 Å². The largest absolute Gasteiger partial charge is 0.343 e. The van der Waals surface area contributed by atoms with Crippen LogP contribution >= 0.6 is 12.4 Å². The van der Waals surface area contributed by atoms with E-state index in [1.807, 2.05) is 0 Å². The summed E-state index contributed by atoms with van der Waals surface area (Å²) in [5.74, 6) is 0. The van der Waals surface area contributed by atoms with Crippen molar-refractivity contribution < 1.29 is 19.5 Å². The summed E-state index contributed by atoms with van der Waals surface area (Å²) in [5.41, 5.74) is 0. The zero-order valence-electron chi connectivity index (χ0n) is 4.24. The summed E-state index contributed by atoms with van der Waals surface area (Å²) in [5, 5.41) is 0. The average molecular weight is 159 g/mol. The molecule has 0 nitrogen and oxygen atoms in total. The number of unbranched alkanes of at least 4 members (excludes halogenated alkanes) is 1. The third-order valence-electron chi connectivity index (χ3n) is 0.354. The minimum atomic E-state index is 0. The third-order valence-corrected chi connectivity index (χ3v) is 0.354. The fraction of sp³-hybridized carbons (Fsp3) is 0.750. The predicted octanol–water partition coefficient (Wildman–Crippen LogP) is 2.04. The van der Waals surface area contributed by atoms with Gasteiger partial charge >= 0.3 is 0 Å². The van der Waals surface area contributed by atoms with Gasteiger partial charge in [0.15, 0.2) is 0 Å². The molecule has 0 aliphatic heterocycles. The SMILES string of the molecule is Cl.[CH2-]CCC.[Zn]. The summed E-state index contributed by atoms with van der Waals surface area (Å²) >= 11 is 0. The Kier molecular flexibility index (Phi) is 44.2. The van der Waals surface area contributed by atoms with E-state index in [-0.39, 0.29) is 31.9 Å². The molecule has 0 bridgehead atoms. The molecule has 0 aliphatic rings. The Morgan fingerprint density at radius 2 is 1.67 bits per heavy atom. The monoisotopic (exact) mass is 157 g/mol. The van der Waals surface area contributed by atoms with Crippen LogP contribution in [0.4, 0.5) is 0 Å². The van der Waals surface area contributed by atoms with Crippen molar-refractivity contribution in [3.05, 3.63) is 6.92 Å². The molecule has 0 rings (SSSR count). The van der Waals surface area contributed by atoms with Crippen molar-refractivity contribution in [2.45, 2.75) is 19.8 Å². The van der Waals surface area contributed by atoms with Crippen molar-refractivity contribution >= 4 is 12.4 Å². The molecule has 0 saturated heterocycles. The zero-order valence-corrected chi connectivity index (χ0v) is 8.02.